The molecule has 4 rings (SSSR count). The second-order valence-electron chi connectivity index (χ2n) is 6.34. The highest BCUT2D eigenvalue weighted by Gasteiger charge is 2.50. The minimum Gasteiger partial charge on any atom is -0.497 e. The van der Waals surface area contributed by atoms with Crippen LogP contribution in [0.15, 0.2) is 78.9 Å². The Morgan fingerprint density at radius 2 is 1.69 bits per heavy atom. The Morgan fingerprint density at radius 3 is 2.46 bits per heavy atom. The summed E-state index contributed by atoms with van der Waals surface area (Å²) in [6, 6.07) is 24.1. The number of fused-ring (bicyclic) bond motifs is 1. The first-order chi connectivity index (χ1) is 12.6. The van der Waals surface area contributed by atoms with Crippen LogP contribution in [0.4, 0.5) is 5.69 Å². The Balaban J connectivity index is 1.79. The van der Waals surface area contributed by atoms with Gasteiger partial charge in [-0.2, -0.15) is 0 Å². The molecule has 1 aliphatic rings. The summed E-state index contributed by atoms with van der Waals surface area (Å²) in [5.41, 5.74) is 1.18. The predicted octanol–water partition coefficient (Wildman–Crippen LogP) is 3.48. The van der Waals surface area contributed by atoms with Gasteiger partial charge < -0.3 is 14.7 Å². The molecule has 0 spiro atoms. The summed E-state index contributed by atoms with van der Waals surface area (Å²) in [6.45, 7) is 0.363. The molecular weight excluding hydrogens is 326 g/mol. The quantitative estimate of drug-likeness (QED) is 0.788. The molecule has 0 unspecified atom stereocenters. The highest BCUT2D eigenvalue weighted by molar-refractivity contribution is 6.09. The molecule has 26 heavy (non-hydrogen) atoms. The van der Waals surface area contributed by atoms with Crippen LogP contribution >= 0.6 is 0 Å². The summed E-state index contributed by atoms with van der Waals surface area (Å²) in [4.78, 5) is 14.9. The summed E-state index contributed by atoms with van der Waals surface area (Å²) < 4.78 is 5.27. The fourth-order valence-electron chi connectivity index (χ4n) is 3.50. The predicted molar refractivity (Wildman–Crippen MR) is 100 cm³/mol. The maximum Gasteiger partial charge on any atom is 0.268 e. The van der Waals surface area contributed by atoms with Gasteiger partial charge in [0.05, 0.1) is 19.3 Å². The molecule has 1 atom stereocenters. The number of amides is 1. The number of aliphatic hydroxyl groups is 1. The lowest BCUT2D eigenvalue weighted by Crippen LogP contribution is -2.40. The van der Waals surface area contributed by atoms with E-state index < -0.39 is 5.60 Å². The van der Waals surface area contributed by atoms with Crippen molar-refractivity contribution in [2.75, 3.05) is 12.0 Å². The highest BCUT2D eigenvalue weighted by Crippen LogP contribution is 2.44. The number of nitrogens with zero attached hydrogens (tertiary/aromatic N) is 1. The molecule has 1 aliphatic heterocycles. The van der Waals surface area contributed by atoms with Gasteiger partial charge in [-0.1, -0.05) is 60.7 Å². The first-order valence-electron chi connectivity index (χ1n) is 8.47. The Bertz CT molecular complexity index is 954. The van der Waals surface area contributed by atoms with Gasteiger partial charge in [0, 0.05) is 5.56 Å². The van der Waals surface area contributed by atoms with Crippen LogP contribution in [0.1, 0.15) is 16.7 Å². The normalized spacial score (nSPS) is 18.7. The zero-order chi connectivity index (χ0) is 18.1. The number of carbonyl (C=O) groups is 1. The largest absolute Gasteiger partial charge is 0.497 e. The molecule has 0 bridgehead atoms. The summed E-state index contributed by atoms with van der Waals surface area (Å²) in [5.74, 6) is 0.397. The average Bonchev–Trinajstić information content (AvgIpc) is 2.92. The van der Waals surface area contributed by atoms with Crippen LogP contribution in [0.5, 0.6) is 5.75 Å². The summed E-state index contributed by atoms with van der Waals surface area (Å²) in [5, 5.41) is 11.4. The number of para-hydroxylation sites is 1. The third kappa shape index (κ3) is 2.47. The fourth-order valence-corrected chi connectivity index (χ4v) is 3.50. The van der Waals surface area contributed by atoms with Gasteiger partial charge in [-0.25, -0.2) is 0 Å². The Morgan fingerprint density at radius 1 is 0.962 bits per heavy atom. The minimum atomic E-state index is -1.67. The first-order valence-corrected chi connectivity index (χ1v) is 8.47. The number of methoxy groups -OCH3 is 1. The lowest BCUT2D eigenvalue weighted by atomic mass is 9.88. The first kappa shape index (κ1) is 16.4. The van der Waals surface area contributed by atoms with Crippen LogP contribution in [0, 0.1) is 0 Å². The van der Waals surface area contributed by atoms with Gasteiger partial charge in [0.2, 0.25) is 0 Å². The van der Waals surface area contributed by atoms with Crippen LogP contribution in [-0.4, -0.2) is 18.1 Å². The van der Waals surface area contributed by atoms with E-state index in [2.05, 4.69) is 0 Å². The third-order valence-corrected chi connectivity index (χ3v) is 4.81. The number of carbonyl (C=O) groups excluding carboxylic acids is 1. The molecule has 3 aromatic carbocycles. The molecule has 1 amide bonds. The van der Waals surface area contributed by atoms with Crippen LogP contribution < -0.4 is 9.64 Å². The smallest absolute Gasteiger partial charge is 0.268 e. The molecule has 0 aromatic heterocycles. The van der Waals surface area contributed by atoms with Gasteiger partial charge in [-0.3, -0.25) is 4.79 Å². The van der Waals surface area contributed by atoms with Crippen LogP contribution in [0.2, 0.25) is 0 Å². The number of rotatable bonds is 4. The lowest BCUT2D eigenvalue weighted by Gasteiger charge is -2.24. The lowest BCUT2D eigenvalue weighted by molar-refractivity contribution is -0.132. The topological polar surface area (TPSA) is 49.8 Å². The van der Waals surface area contributed by atoms with E-state index in [9.17, 15) is 9.90 Å². The van der Waals surface area contributed by atoms with Crippen LogP contribution in [0.3, 0.4) is 0 Å². The highest BCUT2D eigenvalue weighted by atomic mass is 16.5. The van der Waals surface area contributed by atoms with Gasteiger partial charge in [0.25, 0.3) is 5.91 Å². The Labute approximate surface area is 152 Å². The Hall–Kier alpha value is -3.11. The second-order valence-corrected chi connectivity index (χ2v) is 6.34. The molecule has 1 heterocycles. The monoisotopic (exact) mass is 345 g/mol. The minimum absolute atomic E-state index is 0.340. The van der Waals surface area contributed by atoms with Crippen LogP contribution in [-0.2, 0) is 16.9 Å². The number of hydrogen-bond acceptors (Lipinski definition) is 3. The number of ether oxygens (including phenoxy) is 1. The molecule has 0 radical (unpaired) electrons. The fraction of sp³-hybridized carbons (Fsp3) is 0.136. The number of hydrogen-bond donors (Lipinski definition) is 1. The van der Waals surface area contributed by atoms with Crippen molar-refractivity contribution in [1.82, 2.24) is 0 Å². The molecule has 1 N–H and O–H groups in total. The second kappa shape index (κ2) is 6.32. The SMILES string of the molecule is COc1cccc(CN2C(=O)[C@](O)(c3ccccc3)c3ccccc32)c1. The molecule has 0 saturated heterocycles. The molecule has 0 saturated carbocycles. The third-order valence-electron chi connectivity index (χ3n) is 4.81. The molecule has 4 nitrogen and oxygen atoms in total. The van der Waals surface area contributed by atoms with Gasteiger partial charge in [-0.05, 0) is 29.3 Å². The van der Waals surface area contributed by atoms with E-state index in [-0.39, 0.29) is 5.91 Å². The number of benzene rings is 3. The molecule has 130 valence electrons. The van der Waals surface area contributed by atoms with Gasteiger partial charge >= 0.3 is 0 Å². The molecule has 0 fully saturated rings. The summed E-state index contributed by atoms with van der Waals surface area (Å²) in [7, 11) is 1.61. The van der Waals surface area contributed by atoms with Crippen LogP contribution in [0.25, 0.3) is 0 Å². The molecule has 4 heteroatoms. The molecular formula is C22H19NO3. The van der Waals surface area contributed by atoms with Crippen molar-refractivity contribution in [2.45, 2.75) is 12.1 Å². The zero-order valence-electron chi connectivity index (χ0n) is 14.4. The van der Waals surface area contributed by atoms with Crippen molar-refractivity contribution >= 4 is 11.6 Å². The van der Waals surface area contributed by atoms with Crippen molar-refractivity contribution in [3.63, 3.8) is 0 Å². The summed E-state index contributed by atoms with van der Waals surface area (Å²) in [6.07, 6.45) is 0. The van der Waals surface area contributed by atoms with E-state index >= 15 is 0 Å². The zero-order valence-corrected chi connectivity index (χ0v) is 14.4. The maximum absolute atomic E-state index is 13.3. The average molecular weight is 345 g/mol. The van der Waals surface area contributed by atoms with E-state index in [1.54, 1.807) is 24.1 Å². The van der Waals surface area contributed by atoms with Crippen molar-refractivity contribution in [1.29, 1.82) is 0 Å². The van der Waals surface area contributed by atoms with E-state index in [0.717, 1.165) is 17.0 Å². The van der Waals surface area contributed by atoms with Gasteiger partial charge in [0.15, 0.2) is 5.60 Å². The van der Waals surface area contributed by atoms with Crippen molar-refractivity contribution in [3.05, 3.63) is 95.6 Å². The van der Waals surface area contributed by atoms with E-state index in [1.807, 2.05) is 66.7 Å². The van der Waals surface area contributed by atoms with E-state index in [4.69, 9.17) is 4.74 Å². The van der Waals surface area contributed by atoms with Crippen molar-refractivity contribution < 1.29 is 14.6 Å². The standard InChI is InChI=1S/C22H19NO3/c1-26-18-11-7-8-16(14-18)15-23-20-13-6-5-12-19(20)22(25,21(23)24)17-9-3-2-4-10-17/h2-14,25H,15H2,1H3/t22-/m0/s1. The van der Waals surface area contributed by atoms with E-state index in [1.165, 1.54) is 0 Å². The van der Waals surface area contributed by atoms with Gasteiger partial charge in [-0.15, -0.1) is 0 Å². The molecule has 3 aromatic rings. The summed E-state index contributed by atoms with van der Waals surface area (Å²) >= 11 is 0. The maximum atomic E-state index is 13.3. The number of anilines is 1. The van der Waals surface area contributed by atoms with Crippen molar-refractivity contribution in [3.8, 4) is 5.75 Å². The molecule has 0 aliphatic carbocycles. The Kier molecular flexibility index (Phi) is 3.98. The van der Waals surface area contributed by atoms with Gasteiger partial charge in [0.1, 0.15) is 5.75 Å². The van der Waals surface area contributed by atoms with Crippen molar-refractivity contribution in [2.24, 2.45) is 0 Å². The van der Waals surface area contributed by atoms with E-state index in [0.29, 0.717) is 17.7 Å².